The molecule has 1 atom stereocenters. The molecule has 30 heavy (non-hydrogen) atoms. The number of ether oxygens (including phenoxy) is 2. The average Bonchev–Trinajstić information content (AvgIpc) is 2.74. The molecule has 3 fully saturated rings. The van der Waals surface area contributed by atoms with Crippen molar-refractivity contribution in [2.24, 2.45) is 5.92 Å². The minimum atomic E-state index is 0. The van der Waals surface area contributed by atoms with Crippen molar-refractivity contribution >= 4 is 36.4 Å². The smallest absolute Gasteiger partial charge is 0.166 e. The Morgan fingerprint density at radius 3 is 2.40 bits per heavy atom. The number of nitrogens with zero attached hydrogens (tertiary/aromatic N) is 1. The van der Waals surface area contributed by atoms with Gasteiger partial charge in [-0.3, -0.25) is 0 Å². The van der Waals surface area contributed by atoms with Crippen molar-refractivity contribution in [3.05, 3.63) is 58.6 Å². The molecule has 4 nitrogen and oxygen atoms in total. The summed E-state index contributed by atoms with van der Waals surface area (Å²) in [4.78, 5) is 2.58. The topological polar surface area (TPSA) is 33.7 Å². The summed E-state index contributed by atoms with van der Waals surface area (Å²) in [5.41, 5.74) is 2.24. The predicted molar refractivity (Wildman–Crippen MR) is 128 cm³/mol. The summed E-state index contributed by atoms with van der Waals surface area (Å²) in [5, 5.41) is 4.53. The van der Waals surface area contributed by atoms with Crippen molar-refractivity contribution in [1.82, 2.24) is 10.2 Å². The number of para-hydroxylation sites is 1. The third-order valence-electron chi connectivity index (χ3n) is 5.87. The number of rotatable bonds is 8. The lowest BCUT2D eigenvalue weighted by Crippen LogP contribution is -2.55. The lowest BCUT2D eigenvalue weighted by atomic mass is 9.84. The van der Waals surface area contributed by atoms with Crippen LogP contribution in [0.3, 0.4) is 0 Å². The maximum Gasteiger partial charge on any atom is 0.166 e. The molecule has 1 N–H and O–H groups in total. The van der Waals surface area contributed by atoms with E-state index in [4.69, 9.17) is 21.1 Å². The van der Waals surface area contributed by atoms with Gasteiger partial charge in [-0.15, -0.1) is 24.8 Å². The van der Waals surface area contributed by atoms with E-state index in [0.717, 1.165) is 46.7 Å². The van der Waals surface area contributed by atoms with Gasteiger partial charge in [0.2, 0.25) is 0 Å². The second kappa shape index (κ2) is 12.0. The lowest BCUT2D eigenvalue weighted by molar-refractivity contribution is 0.0718. The van der Waals surface area contributed by atoms with Crippen molar-refractivity contribution in [3.8, 4) is 11.5 Å². The molecule has 3 saturated heterocycles. The van der Waals surface area contributed by atoms with E-state index in [0.29, 0.717) is 19.3 Å². The van der Waals surface area contributed by atoms with E-state index in [1.165, 1.54) is 25.9 Å². The molecule has 5 rings (SSSR count). The summed E-state index contributed by atoms with van der Waals surface area (Å²) in [6, 6.07) is 14.5. The van der Waals surface area contributed by atoms with E-state index in [1.54, 1.807) is 0 Å². The van der Waals surface area contributed by atoms with Crippen LogP contribution in [-0.2, 0) is 13.2 Å². The van der Waals surface area contributed by atoms with Gasteiger partial charge < -0.3 is 19.7 Å². The van der Waals surface area contributed by atoms with Crippen LogP contribution >= 0.6 is 36.4 Å². The molecular weight excluding hydrogens is 443 g/mol. The molecular formula is C23H31Cl3N2O2. The van der Waals surface area contributed by atoms with E-state index in [9.17, 15) is 0 Å². The molecule has 2 aromatic rings. The number of fused-ring (bicyclic) bond motifs is 3. The summed E-state index contributed by atoms with van der Waals surface area (Å²) in [6.07, 6.45) is 2.63. The van der Waals surface area contributed by atoms with Crippen LogP contribution in [0.15, 0.2) is 42.5 Å². The summed E-state index contributed by atoms with van der Waals surface area (Å²) < 4.78 is 12.1. The van der Waals surface area contributed by atoms with Gasteiger partial charge in [0.1, 0.15) is 6.61 Å². The Bertz CT molecular complexity index is 781. The van der Waals surface area contributed by atoms with Crippen LogP contribution in [0.25, 0.3) is 0 Å². The zero-order valence-corrected chi connectivity index (χ0v) is 19.7. The maximum absolute atomic E-state index is 6.23. The minimum absolute atomic E-state index is 0. The van der Waals surface area contributed by atoms with Gasteiger partial charge >= 0.3 is 0 Å². The van der Waals surface area contributed by atoms with Crippen LogP contribution in [0.1, 0.15) is 30.9 Å². The van der Waals surface area contributed by atoms with Crippen LogP contribution in [0.2, 0.25) is 5.02 Å². The second-order valence-electron chi connectivity index (χ2n) is 7.72. The third-order valence-corrected chi connectivity index (χ3v) is 6.12. The Kier molecular flexibility index (Phi) is 10.1. The number of piperidine rings is 3. The lowest BCUT2D eigenvalue weighted by Gasteiger charge is -2.45. The molecule has 1 unspecified atom stereocenters. The van der Waals surface area contributed by atoms with Crippen LogP contribution in [-0.4, -0.2) is 37.2 Å². The largest absolute Gasteiger partial charge is 0.490 e. The van der Waals surface area contributed by atoms with Gasteiger partial charge in [-0.05, 0) is 62.5 Å². The fourth-order valence-corrected chi connectivity index (χ4v) is 4.43. The first-order chi connectivity index (χ1) is 13.7. The molecule has 2 aromatic carbocycles. The Labute approximate surface area is 197 Å². The molecule has 0 spiro atoms. The number of nitrogens with one attached hydrogen (secondary N) is 1. The number of hydrogen-bond donors (Lipinski definition) is 1. The highest BCUT2D eigenvalue weighted by molar-refractivity contribution is 6.30. The van der Waals surface area contributed by atoms with Gasteiger partial charge in [0.05, 0.1) is 6.61 Å². The number of hydrogen-bond acceptors (Lipinski definition) is 4. The minimum Gasteiger partial charge on any atom is -0.490 e. The van der Waals surface area contributed by atoms with Gasteiger partial charge in [0, 0.05) is 29.7 Å². The zero-order chi connectivity index (χ0) is 19.3. The monoisotopic (exact) mass is 472 g/mol. The molecule has 2 bridgehead atoms. The highest BCUT2D eigenvalue weighted by atomic mass is 35.5. The average molecular weight is 474 g/mol. The molecule has 0 radical (unpaired) electrons. The van der Waals surface area contributed by atoms with Crippen molar-refractivity contribution in [2.75, 3.05) is 26.2 Å². The summed E-state index contributed by atoms with van der Waals surface area (Å²) in [5.74, 6) is 2.45. The van der Waals surface area contributed by atoms with E-state index < -0.39 is 0 Å². The van der Waals surface area contributed by atoms with E-state index in [1.807, 2.05) is 43.3 Å². The molecule has 0 aromatic heterocycles. The molecule has 0 amide bonds. The predicted octanol–water partition coefficient (Wildman–Crippen LogP) is 5.35. The molecule has 3 heterocycles. The molecule has 0 aliphatic carbocycles. The van der Waals surface area contributed by atoms with Gasteiger partial charge in [-0.2, -0.15) is 0 Å². The summed E-state index contributed by atoms with van der Waals surface area (Å²) in [6.45, 7) is 7.60. The third kappa shape index (κ3) is 6.18. The molecule has 7 heteroatoms. The van der Waals surface area contributed by atoms with Gasteiger partial charge in [0.25, 0.3) is 0 Å². The SMILES string of the molecule is CCOc1cccc(CNC2CN3CCC2CC3)c1OCc1ccc(Cl)cc1.Cl.Cl. The Hall–Kier alpha value is -1.17. The first kappa shape index (κ1) is 25.1. The Morgan fingerprint density at radius 1 is 1.03 bits per heavy atom. The van der Waals surface area contributed by atoms with Crippen LogP contribution in [0, 0.1) is 5.92 Å². The Morgan fingerprint density at radius 2 is 1.77 bits per heavy atom. The van der Waals surface area contributed by atoms with Crippen molar-refractivity contribution in [3.63, 3.8) is 0 Å². The summed E-state index contributed by atoms with van der Waals surface area (Å²) >= 11 is 5.99. The highest BCUT2D eigenvalue weighted by Gasteiger charge is 2.33. The van der Waals surface area contributed by atoms with E-state index >= 15 is 0 Å². The highest BCUT2D eigenvalue weighted by Crippen LogP contribution is 2.33. The molecule has 0 saturated carbocycles. The van der Waals surface area contributed by atoms with Crippen LogP contribution < -0.4 is 14.8 Å². The van der Waals surface area contributed by atoms with Gasteiger partial charge in [-0.1, -0.05) is 35.9 Å². The van der Waals surface area contributed by atoms with E-state index in [2.05, 4.69) is 16.3 Å². The number of benzene rings is 2. The van der Waals surface area contributed by atoms with Crippen LogP contribution in [0.4, 0.5) is 0 Å². The number of halogens is 3. The fourth-order valence-electron chi connectivity index (χ4n) is 4.31. The standard InChI is InChI=1S/C23H29ClN2O2.2ClH/c1-2-27-22-5-3-4-19(14-25-21-15-26-12-10-18(21)11-13-26)23(22)28-16-17-6-8-20(24)9-7-17;;/h3-9,18,21,25H,2,10-16H2,1H3;2*1H. The van der Waals surface area contributed by atoms with E-state index in [-0.39, 0.29) is 24.8 Å². The summed E-state index contributed by atoms with van der Waals surface area (Å²) in [7, 11) is 0. The van der Waals surface area contributed by atoms with Gasteiger partial charge in [0.15, 0.2) is 11.5 Å². The molecule has 3 aliphatic heterocycles. The zero-order valence-electron chi connectivity index (χ0n) is 17.3. The van der Waals surface area contributed by atoms with Gasteiger partial charge in [-0.25, -0.2) is 0 Å². The maximum atomic E-state index is 6.23. The second-order valence-corrected chi connectivity index (χ2v) is 8.15. The normalized spacial score (nSPS) is 22.0. The Balaban J connectivity index is 0.00000160. The molecule has 3 aliphatic rings. The molecule has 166 valence electrons. The fraction of sp³-hybridized carbons (Fsp3) is 0.478. The first-order valence-corrected chi connectivity index (χ1v) is 10.7. The van der Waals surface area contributed by atoms with Crippen LogP contribution in [0.5, 0.6) is 11.5 Å². The van der Waals surface area contributed by atoms with Crippen molar-refractivity contribution in [1.29, 1.82) is 0 Å². The first-order valence-electron chi connectivity index (χ1n) is 10.3. The van der Waals surface area contributed by atoms with Crippen molar-refractivity contribution in [2.45, 2.75) is 39.0 Å². The van der Waals surface area contributed by atoms with Crippen molar-refractivity contribution < 1.29 is 9.47 Å². The quantitative estimate of drug-likeness (QED) is 0.561.